The Morgan fingerprint density at radius 1 is 0.583 bits per heavy atom. The summed E-state index contributed by atoms with van der Waals surface area (Å²) in [7, 11) is -0.871. The molecule has 2 aliphatic rings. The number of hydrogen-bond acceptors (Lipinski definition) is 1. The first-order valence-corrected chi connectivity index (χ1v) is 11.1. The van der Waals surface area contributed by atoms with E-state index in [4.69, 9.17) is 0 Å². The van der Waals surface area contributed by atoms with Crippen LogP contribution in [0.1, 0.15) is 51.4 Å². The van der Waals surface area contributed by atoms with Crippen molar-refractivity contribution in [1.29, 1.82) is 0 Å². The lowest BCUT2D eigenvalue weighted by molar-refractivity contribution is 0.255. The molecule has 2 fully saturated rings. The van der Waals surface area contributed by atoms with Crippen LogP contribution >= 0.6 is 0 Å². The zero-order valence-corrected chi connectivity index (χ0v) is 15.5. The predicted octanol–water partition coefficient (Wildman–Crippen LogP) is 3.98. The van der Waals surface area contributed by atoms with E-state index in [-0.39, 0.29) is 0 Å². The van der Waals surface area contributed by atoms with Gasteiger partial charge in [0.1, 0.15) is 0 Å². The topological polar surface area (TPSA) is 3.24 Å². The van der Waals surface area contributed by atoms with E-state index >= 15 is 0 Å². The van der Waals surface area contributed by atoms with Gasteiger partial charge in [-0.15, -0.1) is 0 Å². The van der Waals surface area contributed by atoms with Crippen LogP contribution in [0.5, 0.6) is 0 Å². The van der Waals surface area contributed by atoms with E-state index in [1.165, 1.54) is 51.4 Å². The van der Waals surface area contributed by atoms with Crippen molar-refractivity contribution in [2.24, 2.45) is 0 Å². The van der Waals surface area contributed by atoms with Crippen molar-refractivity contribution >= 4 is 19.3 Å². The van der Waals surface area contributed by atoms with Crippen LogP contribution in [0.3, 0.4) is 0 Å². The first kappa shape index (κ1) is 16.1. The second-order valence-electron chi connectivity index (χ2n) is 7.36. The summed E-state index contributed by atoms with van der Waals surface area (Å²) >= 11 is 0. The van der Waals surface area contributed by atoms with E-state index in [2.05, 4.69) is 65.2 Å². The fraction of sp³-hybridized carbons (Fsp3) is 0.455. The van der Waals surface area contributed by atoms with Gasteiger partial charge in [-0.25, -0.2) is 0 Å². The molecule has 2 heteroatoms. The van der Waals surface area contributed by atoms with Gasteiger partial charge in [-0.05, 0) is 36.1 Å². The van der Waals surface area contributed by atoms with E-state index in [0.29, 0.717) is 0 Å². The average Bonchev–Trinajstić information content (AvgIpc) is 3.35. The maximum atomic E-state index is 3.02. The van der Waals surface area contributed by atoms with Gasteiger partial charge in [0.2, 0.25) is 8.96 Å². The Hall–Kier alpha value is -1.38. The highest BCUT2D eigenvalue weighted by atomic mass is 28.3. The predicted molar refractivity (Wildman–Crippen MR) is 104 cm³/mol. The highest BCUT2D eigenvalue weighted by Gasteiger charge is 2.38. The van der Waals surface area contributed by atoms with Gasteiger partial charge in [-0.3, -0.25) is 0 Å². The molecule has 4 rings (SSSR count). The summed E-state index contributed by atoms with van der Waals surface area (Å²) in [6.45, 7) is 0. The van der Waals surface area contributed by atoms with Crippen molar-refractivity contribution in [3.8, 4) is 0 Å². The minimum Gasteiger partial charge on any atom is -0.311 e. The molecular formula is C22H28NSi. The molecule has 1 radical (unpaired) electrons. The summed E-state index contributed by atoms with van der Waals surface area (Å²) in [5.74, 6) is 0. The third kappa shape index (κ3) is 3.36. The largest absolute Gasteiger partial charge is 0.311 e. The lowest BCUT2D eigenvalue weighted by atomic mass is 10.2. The Bertz CT molecular complexity index is 559. The lowest BCUT2D eigenvalue weighted by Gasteiger charge is -2.40. The number of hydrogen-bond donors (Lipinski definition) is 0. The Morgan fingerprint density at radius 3 is 1.33 bits per heavy atom. The summed E-state index contributed by atoms with van der Waals surface area (Å²) in [5.41, 5.74) is 0. The fourth-order valence-corrected chi connectivity index (χ4v) is 7.88. The number of rotatable bonds is 5. The first-order chi connectivity index (χ1) is 11.9. The smallest absolute Gasteiger partial charge is 0.209 e. The number of benzene rings is 2. The molecule has 0 N–H and O–H groups in total. The van der Waals surface area contributed by atoms with Crippen LogP contribution in [0.2, 0.25) is 0 Å². The molecule has 0 unspecified atom stereocenters. The van der Waals surface area contributed by atoms with Crippen LogP contribution in [0, 0.1) is 0 Å². The summed E-state index contributed by atoms with van der Waals surface area (Å²) in [4.78, 5) is 0. The Morgan fingerprint density at radius 2 is 0.958 bits per heavy atom. The maximum Gasteiger partial charge on any atom is 0.209 e. The third-order valence-corrected chi connectivity index (χ3v) is 8.80. The summed E-state index contributed by atoms with van der Waals surface area (Å²) in [6.07, 6.45) is 11.3. The summed E-state index contributed by atoms with van der Waals surface area (Å²) in [6, 6.07) is 24.3. The number of nitrogens with zero attached hydrogens (tertiary/aromatic N) is 1. The van der Waals surface area contributed by atoms with Crippen LogP contribution in [0.25, 0.3) is 0 Å². The molecular weight excluding hydrogens is 306 g/mol. The first-order valence-electron chi connectivity index (χ1n) is 9.69. The summed E-state index contributed by atoms with van der Waals surface area (Å²) in [5, 5.41) is 3.13. The zero-order chi connectivity index (χ0) is 16.2. The van der Waals surface area contributed by atoms with Crippen LogP contribution < -0.4 is 10.4 Å². The fourth-order valence-electron chi connectivity index (χ4n) is 4.69. The minimum atomic E-state index is -0.871. The normalized spacial score (nSPS) is 19.6. The molecule has 24 heavy (non-hydrogen) atoms. The molecule has 0 aliphatic heterocycles. The van der Waals surface area contributed by atoms with Crippen LogP contribution in [-0.4, -0.2) is 25.6 Å². The van der Waals surface area contributed by atoms with E-state index in [1.54, 1.807) is 10.4 Å². The molecule has 2 aromatic rings. The Labute approximate surface area is 148 Å². The zero-order valence-electron chi connectivity index (χ0n) is 14.5. The molecule has 0 atom stereocenters. The van der Waals surface area contributed by atoms with Gasteiger partial charge in [0, 0.05) is 12.1 Å². The van der Waals surface area contributed by atoms with Gasteiger partial charge in [0.25, 0.3) is 0 Å². The van der Waals surface area contributed by atoms with Crippen molar-refractivity contribution in [2.45, 2.75) is 63.5 Å². The molecule has 0 amide bonds. The summed E-state index contributed by atoms with van der Waals surface area (Å²) < 4.78 is 3.02. The lowest BCUT2D eigenvalue weighted by Crippen LogP contribution is -2.62. The van der Waals surface area contributed by atoms with E-state index in [1.807, 2.05) is 0 Å². The molecule has 0 spiro atoms. The van der Waals surface area contributed by atoms with Crippen molar-refractivity contribution < 1.29 is 0 Å². The maximum absolute atomic E-state index is 3.02. The quantitative estimate of drug-likeness (QED) is 0.748. The van der Waals surface area contributed by atoms with Crippen molar-refractivity contribution in [2.75, 3.05) is 0 Å². The molecule has 2 aliphatic carbocycles. The SMILES string of the molecule is c1ccc([Si](c2ccccc2)N(C2CCCC2)C2CCCC2)cc1. The monoisotopic (exact) mass is 334 g/mol. The molecule has 0 bridgehead atoms. The molecule has 1 nitrogen and oxygen atoms in total. The van der Waals surface area contributed by atoms with E-state index in [9.17, 15) is 0 Å². The van der Waals surface area contributed by atoms with Gasteiger partial charge < -0.3 is 4.57 Å². The van der Waals surface area contributed by atoms with Crippen LogP contribution in [-0.2, 0) is 0 Å². The molecule has 2 saturated carbocycles. The third-order valence-electron chi connectivity index (χ3n) is 5.79. The minimum absolute atomic E-state index is 0.808. The van der Waals surface area contributed by atoms with Gasteiger partial charge in [0.15, 0.2) is 0 Å². The molecule has 0 saturated heterocycles. The highest BCUT2D eigenvalue weighted by Crippen LogP contribution is 2.32. The van der Waals surface area contributed by atoms with Crippen LogP contribution in [0.4, 0.5) is 0 Å². The Kier molecular flexibility index (Phi) is 5.15. The van der Waals surface area contributed by atoms with Gasteiger partial charge in [-0.1, -0.05) is 86.3 Å². The van der Waals surface area contributed by atoms with Crippen molar-refractivity contribution in [3.63, 3.8) is 0 Å². The van der Waals surface area contributed by atoms with Gasteiger partial charge in [-0.2, -0.15) is 0 Å². The van der Waals surface area contributed by atoms with E-state index in [0.717, 1.165) is 12.1 Å². The molecule has 2 aromatic carbocycles. The second-order valence-corrected chi connectivity index (χ2v) is 9.73. The molecule has 0 aromatic heterocycles. The molecule has 125 valence electrons. The van der Waals surface area contributed by atoms with Crippen LogP contribution in [0.15, 0.2) is 60.7 Å². The van der Waals surface area contributed by atoms with Gasteiger partial charge in [0.05, 0.1) is 0 Å². The highest BCUT2D eigenvalue weighted by molar-refractivity contribution is 6.83. The molecule has 0 heterocycles. The van der Waals surface area contributed by atoms with Crippen molar-refractivity contribution in [3.05, 3.63) is 60.7 Å². The second kappa shape index (κ2) is 7.67. The van der Waals surface area contributed by atoms with Gasteiger partial charge >= 0.3 is 0 Å². The standard InChI is InChI=1S/C22H28NSi/c1-3-15-21(16-4-1)24(22-17-5-2-6-18-22)23(19-11-7-8-12-19)20-13-9-10-14-20/h1-6,15-20H,7-14H2. The van der Waals surface area contributed by atoms with Crippen molar-refractivity contribution in [1.82, 2.24) is 4.57 Å². The average molecular weight is 335 g/mol. The Balaban J connectivity index is 1.76. The van der Waals surface area contributed by atoms with E-state index < -0.39 is 8.96 Å².